The third-order valence-corrected chi connectivity index (χ3v) is 7.53. The largest absolute Gasteiger partial charge is 0.496 e. The van der Waals surface area contributed by atoms with E-state index >= 15 is 0 Å². The Morgan fingerprint density at radius 3 is 2.52 bits per heavy atom. The highest BCUT2D eigenvalue weighted by atomic mass is 32.1. The molecule has 0 radical (unpaired) electrons. The van der Waals surface area contributed by atoms with E-state index in [0.717, 1.165) is 28.3 Å². The van der Waals surface area contributed by atoms with Crippen LogP contribution in [0.15, 0.2) is 72.9 Å². The Bertz CT molecular complexity index is 1640. The second-order valence-corrected chi connectivity index (χ2v) is 10.2. The predicted octanol–water partition coefficient (Wildman–Crippen LogP) is 5.17. The van der Waals surface area contributed by atoms with Crippen LogP contribution in [0.5, 0.6) is 5.75 Å². The normalized spacial score (nSPS) is 16.3. The first kappa shape index (κ1) is 28.7. The molecule has 0 spiro atoms. The van der Waals surface area contributed by atoms with Gasteiger partial charge in [0.05, 0.1) is 35.9 Å². The molecule has 1 saturated heterocycles. The highest BCUT2D eigenvalue weighted by Crippen LogP contribution is 2.44. The minimum atomic E-state index is -0.404. The lowest BCUT2D eigenvalue weighted by Gasteiger charge is -2.28. The van der Waals surface area contributed by atoms with Gasteiger partial charge in [0.15, 0.2) is 5.11 Å². The summed E-state index contributed by atoms with van der Waals surface area (Å²) < 4.78 is 12.0. The molecule has 4 aromatic rings. The number of nitrogens with one attached hydrogen (secondary N) is 2. The van der Waals surface area contributed by atoms with Crippen molar-refractivity contribution in [3.8, 4) is 11.4 Å². The van der Waals surface area contributed by atoms with Gasteiger partial charge in [-0.15, -0.1) is 0 Å². The van der Waals surface area contributed by atoms with E-state index in [0.29, 0.717) is 22.2 Å². The van der Waals surface area contributed by atoms with Crippen molar-refractivity contribution in [3.05, 3.63) is 106 Å². The molecule has 2 atom stereocenters. The zero-order chi connectivity index (χ0) is 30.0. The molecule has 42 heavy (non-hydrogen) atoms. The predicted molar refractivity (Wildman–Crippen MR) is 163 cm³/mol. The maximum Gasteiger partial charge on any atom is 0.296 e. The van der Waals surface area contributed by atoms with Crippen molar-refractivity contribution in [2.24, 2.45) is 0 Å². The van der Waals surface area contributed by atoms with Gasteiger partial charge >= 0.3 is 0 Å². The number of nitro groups is 1. The number of nitrogens with zero attached hydrogens (tertiary/aromatic N) is 4. The fourth-order valence-electron chi connectivity index (χ4n) is 5.41. The van der Waals surface area contributed by atoms with E-state index in [1.807, 2.05) is 59.7 Å². The summed E-state index contributed by atoms with van der Waals surface area (Å²) in [5.41, 5.74) is 5.19. The van der Waals surface area contributed by atoms with Crippen LogP contribution in [0, 0.1) is 24.0 Å². The van der Waals surface area contributed by atoms with Crippen LogP contribution in [0.25, 0.3) is 5.69 Å². The summed E-state index contributed by atoms with van der Waals surface area (Å²) in [5.74, 6) is 0.151. The Balaban J connectivity index is 1.62. The lowest BCUT2D eigenvalue weighted by molar-refractivity contribution is -0.384. The lowest BCUT2D eigenvalue weighted by atomic mass is 9.96. The van der Waals surface area contributed by atoms with E-state index in [9.17, 15) is 14.9 Å². The molecule has 2 aromatic carbocycles. The second kappa shape index (κ2) is 12.0. The third-order valence-electron chi connectivity index (χ3n) is 7.21. The van der Waals surface area contributed by atoms with Crippen molar-refractivity contribution in [2.45, 2.75) is 25.9 Å². The number of carbonyl (C=O) groups is 1. The molecule has 2 N–H and O–H groups in total. The van der Waals surface area contributed by atoms with Gasteiger partial charge in [0.2, 0.25) is 5.91 Å². The Kier molecular flexibility index (Phi) is 8.18. The first-order chi connectivity index (χ1) is 20.2. The monoisotopic (exact) mass is 586 g/mol. The zero-order valence-corrected chi connectivity index (χ0v) is 24.3. The molecule has 1 fully saturated rings. The molecular weight excluding hydrogens is 556 g/mol. The minimum absolute atomic E-state index is 0.0440. The first-order valence-corrected chi connectivity index (χ1v) is 13.6. The first-order valence-electron chi connectivity index (χ1n) is 13.1. The molecule has 11 nitrogen and oxygen atoms in total. The molecule has 5 rings (SSSR count). The van der Waals surface area contributed by atoms with E-state index in [-0.39, 0.29) is 30.3 Å². The second-order valence-electron chi connectivity index (χ2n) is 9.80. The summed E-state index contributed by atoms with van der Waals surface area (Å²) in [5, 5.41) is 18.8. The van der Waals surface area contributed by atoms with Crippen LogP contribution in [0.3, 0.4) is 0 Å². The molecule has 12 heteroatoms. The number of hydrogen-bond acceptors (Lipinski definition) is 7. The van der Waals surface area contributed by atoms with Crippen LogP contribution >= 0.6 is 12.2 Å². The Morgan fingerprint density at radius 2 is 1.88 bits per heavy atom. The van der Waals surface area contributed by atoms with Crippen LogP contribution < -0.4 is 20.3 Å². The fraction of sp³-hybridized carbons (Fsp3) is 0.233. The maximum absolute atomic E-state index is 12.1. The minimum Gasteiger partial charge on any atom is -0.496 e. The van der Waals surface area contributed by atoms with Crippen molar-refractivity contribution in [1.29, 1.82) is 0 Å². The smallest absolute Gasteiger partial charge is 0.296 e. The molecule has 1 amide bonds. The summed E-state index contributed by atoms with van der Waals surface area (Å²) in [6.07, 6.45) is 1.74. The molecule has 2 unspecified atom stereocenters. The molecule has 3 heterocycles. The number of carbonyl (C=O) groups excluding carboxylic acids is 1. The molecular formula is C30H30N6O5S. The number of methoxy groups -OCH3 is 2. The SMILES string of the molecule is COCC(=O)Nc1ccc(N2C(=S)NC(c3ccccn3)C2c2cc(C)n(-c3ccc(OC)cc3[N+](=O)[O-])c2C)cc1. The number of ether oxygens (including phenoxy) is 2. The number of pyridine rings is 1. The molecule has 0 bridgehead atoms. The van der Waals surface area contributed by atoms with E-state index in [1.54, 1.807) is 30.5 Å². The van der Waals surface area contributed by atoms with Gasteiger partial charge in [0.1, 0.15) is 18.0 Å². The Hall–Kier alpha value is -4.81. The maximum atomic E-state index is 12.1. The zero-order valence-electron chi connectivity index (χ0n) is 23.5. The Labute approximate surface area is 248 Å². The van der Waals surface area contributed by atoms with Crippen LogP contribution in [-0.2, 0) is 9.53 Å². The van der Waals surface area contributed by atoms with Crippen molar-refractivity contribution in [2.75, 3.05) is 31.0 Å². The van der Waals surface area contributed by atoms with Gasteiger partial charge in [0, 0.05) is 36.1 Å². The number of anilines is 2. The average molecular weight is 587 g/mol. The molecule has 0 saturated carbocycles. The highest BCUT2D eigenvalue weighted by molar-refractivity contribution is 7.80. The number of hydrogen-bond donors (Lipinski definition) is 2. The highest BCUT2D eigenvalue weighted by Gasteiger charge is 2.42. The van der Waals surface area contributed by atoms with Crippen molar-refractivity contribution in [3.63, 3.8) is 0 Å². The van der Waals surface area contributed by atoms with Gasteiger partial charge in [-0.3, -0.25) is 19.9 Å². The van der Waals surface area contributed by atoms with Crippen LogP contribution in [0.4, 0.5) is 17.1 Å². The van der Waals surface area contributed by atoms with E-state index in [4.69, 9.17) is 21.7 Å². The Morgan fingerprint density at radius 1 is 1.12 bits per heavy atom. The summed E-state index contributed by atoms with van der Waals surface area (Å²) in [7, 11) is 2.94. The van der Waals surface area contributed by atoms with Gasteiger partial charge in [0.25, 0.3) is 5.69 Å². The number of thiocarbonyl (C=S) groups is 1. The van der Waals surface area contributed by atoms with Gasteiger partial charge in [-0.1, -0.05) is 6.07 Å². The van der Waals surface area contributed by atoms with Crippen molar-refractivity contribution < 1.29 is 19.2 Å². The summed E-state index contributed by atoms with van der Waals surface area (Å²) >= 11 is 5.86. The van der Waals surface area contributed by atoms with Gasteiger partial charge < -0.3 is 29.6 Å². The number of amides is 1. The van der Waals surface area contributed by atoms with Crippen molar-refractivity contribution >= 4 is 40.3 Å². The van der Waals surface area contributed by atoms with E-state index < -0.39 is 4.92 Å². The number of benzene rings is 2. The molecule has 0 aliphatic carbocycles. The van der Waals surface area contributed by atoms with Crippen LogP contribution in [0.2, 0.25) is 0 Å². The van der Waals surface area contributed by atoms with Gasteiger partial charge in [-0.2, -0.15) is 0 Å². The van der Waals surface area contributed by atoms with Gasteiger partial charge in [-0.25, -0.2) is 0 Å². The number of aryl methyl sites for hydroxylation is 1. The summed E-state index contributed by atoms with van der Waals surface area (Å²) in [6.45, 7) is 3.82. The van der Waals surface area contributed by atoms with Crippen LogP contribution in [0.1, 0.15) is 34.7 Å². The topological polar surface area (TPSA) is 124 Å². The quantitative estimate of drug-likeness (QED) is 0.155. The molecule has 216 valence electrons. The number of nitro benzene ring substituents is 1. The van der Waals surface area contributed by atoms with E-state index in [1.165, 1.54) is 20.3 Å². The standard InChI is InChI=1S/C30H30N6O5S/c1-18-15-23(19(2)34(18)25-13-12-22(41-4)16-26(25)36(38)39)29-28(24-7-5-6-14-31-24)33-30(42)35(29)21-10-8-20(9-11-21)32-27(37)17-40-3/h5-16,28-29H,17H2,1-4H3,(H,32,37)(H,33,42). The summed E-state index contributed by atoms with van der Waals surface area (Å²) in [4.78, 5) is 30.3. The summed E-state index contributed by atoms with van der Waals surface area (Å²) in [6, 6.07) is 19.3. The van der Waals surface area contributed by atoms with E-state index in [2.05, 4.69) is 15.6 Å². The lowest BCUT2D eigenvalue weighted by Crippen LogP contribution is -2.29. The number of aromatic nitrogens is 2. The fourth-order valence-corrected chi connectivity index (χ4v) is 5.75. The molecule has 1 aliphatic heterocycles. The molecule has 1 aliphatic rings. The van der Waals surface area contributed by atoms with Gasteiger partial charge in [-0.05, 0) is 86.2 Å². The van der Waals surface area contributed by atoms with Crippen molar-refractivity contribution in [1.82, 2.24) is 14.9 Å². The van der Waals surface area contributed by atoms with Crippen LogP contribution in [-0.4, -0.2) is 46.3 Å². The average Bonchev–Trinajstić information content (AvgIpc) is 3.48. The number of rotatable bonds is 9. The molecule has 2 aromatic heterocycles. The third kappa shape index (κ3) is 5.41.